The van der Waals surface area contributed by atoms with E-state index in [9.17, 15) is 4.79 Å². The van der Waals surface area contributed by atoms with Crippen LogP contribution < -0.4 is 8.85 Å². The molecule has 1 amide bonds. The van der Waals surface area contributed by atoms with Crippen molar-refractivity contribution in [3.05, 3.63) is 29.8 Å². The van der Waals surface area contributed by atoms with Gasteiger partial charge in [-0.2, -0.15) is 5.10 Å². The van der Waals surface area contributed by atoms with Crippen LogP contribution in [0.1, 0.15) is 25.3 Å². The minimum Gasteiger partial charge on any atom is -0.328 e. The van der Waals surface area contributed by atoms with Gasteiger partial charge in [-0.25, -0.2) is 0 Å². The number of nitrogens with zero attached hydrogens (tertiary/aromatic N) is 3. The minimum atomic E-state index is -0.307. The molecule has 7 heteroatoms. The second kappa shape index (κ2) is 6.86. The van der Waals surface area contributed by atoms with Gasteiger partial charge < -0.3 is 8.85 Å². The summed E-state index contributed by atoms with van der Waals surface area (Å²) in [5, 5.41) is 9.21. The number of carbonyl (C=O) groups excluding carboxylic acids is 1. The van der Waals surface area contributed by atoms with Crippen LogP contribution in [-0.2, 0) is 11.2 Å². The zero-order valence-electron chi connectivity index (χ0n) is 13.2. The maximum Gasteiger partial charge on any atom is 0.252 e. The number of hydrogen-bond donors (Lipinski definition) is 2. The molecule has 2 heterocycles. The molecule has 122 valence electrons. The van der Waals surface area contributed by atoms with Crippen LogP contribution in [0.3, 0.4) is 0 Å². The van der Waals surface area contributed by atoms with Crippen molar-refractivity contribution in [3.8, 4) is 0 Å². The van der Waals surface area contributed by atoms with Crippen LogP contribution in [-0.4, -0.2) is 41.6 Å². The van der Waals surface area contributed by atoms with Crippen molar-refractivity contribution in [1.82, 2.24) is 10.3 Å². The number of rotatable bonds is 5. The molecule has 1 aromatic rings. The van der Waals surface area contributed by atoms with Crippen LogP contribution >= 0.6 is 22.9 Å². The number of amidine groups is 1. The number of aliphatic imine (C=N–C) groups is 1. The lowest BCUT2D eigenvalue weighted by Gasteiger charge is -2.27. The summed E-state index contributed by atoms with van der Waals surface area (Å²) >= 11 is 2.12. The molecule has 0 saturated heterocycles. The summed E-state index contributed by atoms with van der Waals surface area (Å²) in [6.45, 7) is 2.12. The van der Waals surface area contributed by atoms with Crippen molar-refractivity contribution in [2.45, 2.75) is 38.3 Å². The van der Waals surface area contributed by atoms with Crippen LogP contribution in [0.2, 0.25) is 0 Å². The number of hydrazone groups is 1. The zero-order valence-corrected chi connectivity index (χ0v) is 15.4. The molecule has 0 aliphatic carbocycles. The van der Waals surface area contributed by atoms with Gasteiger partial charge in [0.15, 0.2) is 6.04 Å². The predicted molar refractivity (Wildman–Crippen MR) is 101 cm³/mol. The fourth-order valence-corrected chi connectivity index (χ4v) is 3.60. The quantitative estimate of drug-likeness (QED) is 0.562. The van der Waals surface area contributed by atoms with E-state index in [1.165, 1.54) is 0 Å². The second-order valence-corrected chi connectivity index (χ2v) is 6.34. The van der Waals surface area contributed by atoms with Gasteiger partial charge in [0.05, 0.1) is 28.6 Å². The van der Waals surface area contributed by atoms with Gasteiger partial charge >= 0.3 is 0 Å². The van der Waals surface area contributed by atoms with E-state index in [0.717, 1.165) is 35.6 Å². The first-order valence-corrected chi connectivity index (χ1v) is 8.84. The molecule has 0 radical (unpaired) electrons. The smallest absolute Gasteiger partial charge is 0.252 e. The maximum atomic E-state index is 12.5. The van der Waals surface area contributed by atoms with Gasteiger partial charge in [-0.15, -0.1) is 0 Å². The molecule has 2 N–H and O–H groups in total. The lowest BCUT2D eigenvalue weighted by molar-refractivity contribution is -0.124. The summed E-state index contributed by atoms with van der Waals surface area (Å²) in [6, 6.07) is 7.59. The highest BCUT2D eigenvalue weighted by molar-refractivity contribution is 14.1. The Balaban J connectivity index is 1.86. The molecule has 2 aliphatic rings. The Bertz CT molecular complexity index is 672. The molecule has 2 atom stereocenters. The highest BCUT2D eigenvalue weighted by atomic mass is 127. The fraction of sp³-hybridized carbons (Fsp3) is 0.438. The number of likely N-dealkylation sites (N-methyl/N-ethyl adjacent to an activating group) is 1. The van der Waals surface area contributed by atoms with E-state index < -0.39 is 0 Å². The van der Waals surface area contributed by atoms with Gasteiger partial charge in [0, 0.05) is 19.2 Å². The molecule has 3 rings (SSSR count). The number of amides is 1. The van der Waals surface area contributed by atoms with E-state index in [1.54, 1.807) is 5.01 Å². The number of nitrogens with one attached hydrogen (secondary N) is 2. The minimum absolute atomic E-state index is 0.0164. The van der Waals surface area contributed by atoms with Crippen LogP contribution in [0.4, 0.5) is 5.69 Å². The van der Waals surface area contributed by atoms with Gasteiger partial charge in [-0.3, -0.25) is 14.8 Å². The summed E-state index contributed by atoms with van der Waals surface area (Å²) in [5.41, 5.74) is 3.16. The van der Waals surface area contributed by atoms with E-state index in [2.05, 4.69) is 43.7 Å². The van der Waals surface area contributed by atoms with Crippen molar-refractivity contribution < 1.29 is 4.79 Å². The maximum absolute atomic E-state index is 12.5. The number of hydrogen-bond acceptors (Lipinski definition) is 5. The van der Waals surface area contributed by atoms with Crippen molar-refractivity contribution in [2.24, 2.45) is 10.1 Å². The van der Waals surface area contributed by atoms with Crippen LogP contribution in [0.15, 0.2) is 34.4 Å². The van der Waals surface area contributed by atoms with Gasteiger partial charge in [-0.1, -0.05) is 31.5 Å². The van der Waals surface area contributed by atoms with Gasteiger partial charge in [0.1, 0.15) is 11.9 Å². The molecule has 2 aliphatic heterocycles. The average Bonchev–Trinajstić information content (AvgIpc) is 2.85. The highest BCUT2D eigenvalue weighted by Gasteiger charge is 2.43. The normalized spacial score (nSPS) is 23.1. The summed E-state index contributed by atoms with van der Waals surface area (Å²) in [7, 11) is 1.84. The lowest BCUT2D eigenvalue weighted by Crippen LogP contribution is -2.54. The number of halogens is 1. The van der Waals surface area contributed by atoms with Gasteiger partial charge in [-0.05, 0) is 18.1 Å². The van der Waals surface area contributed by atoms with Gasteiger partial charge in [0.25, 0.3) is 5.91 Å². The number of para-hydroxylation sites is 1. The highest BCUT2D eigenvalue weighted by Crippen LogP contribution is 2.24. The summed E-state index contributed by atoms with van der Waals surface area (Å²) in [6.07, 6.45) is 2.48. The monoisotopic (exact) mass is 425 g/mol. The number of anilines is 1. The van der Waals surface area contributed by atoms with Crippen molar-refractivity contribution >= 4 is 46.0 Å². The SMILES string of the molecule is CCCC1=NN(C)C2C(=O)NC(Cc3ccccc3NI)=NC12. The second-order valence-electron chi connectivity index (χ2n) is 5.80. The lowest BCUT2D eigenvalue weighted by atomic mass is 9.98. The van der Waals surface area contributed by atoms with E-state index >= 15 is 0 Å². The van der Waals surface area contributed by atoms with Crippen LogP contribution in [0.25, 0.3) is 0 Å². The van der Waals surface area contributed by atoms with Crippen molar-refractivity contribution in [3.63, 3.8) is 0 Å². The molecule has 0 spiro atoms. The average molecular weight is 425 g/mol. The molecule has 0 aromatic heterocycles. The topological polar surface area (TPSA) is 69.1 Å². The Hall–Kier alpha value is -1.64. The number of benzene rings is 1. The molecule has 0 saturated carbocycles. The van der Waals surface area contributed by atoms with E-state index in [1.807, 2.05) is 31.3 Å². The Morgan fingerprint density at radius 2 is 2.17 bits per heavy atom. The zero-order chi connectivity index (χ0) is 16.4. The fourth-order valence-electron chi connectivity index (χ4n) is 3.08. The molecule has 0 fully saturated rings. The summed E-state index contributed by atoms with van der Waals surface area (Å²) in [5.74, 6) is 0.701. The third-order valence-electron chi connectivity index (χ3n) is 4.14. The Morgan fingerprint density at radius 3 is 2.91 bits per heavy atom. The third-order valence-corrected chi connectivity index (χ3v) is 4.72. The molecule has 6 nitrogen and oxygen atoms in total. The summed E-state index contributed by atoms with van der Waals surface area (Å²) < 4.78 is 3.15. The Kier molecular flexibility index (Phi) is 4.84. The Morgan fingerprint density at radius 1 is 1.39 bits per heavy atom. The molecular weight excluding hydrogens is 405 g/mol. The van der Waals surface area contributed by atoms with Crippen LogP contribution in [0.5, 0.6) is 0 Å². The molecular formula is C16H20IN5O. The summed E-state index contributed by atoms with van der Waals surface area (Å²) in [4.78, 5) is 17.3. The van der Waals surface area contributed by atoms with E-state index in [-0.39, 0.29) is 18.0 Å². The first-order valence-electron chi connectivity index (χ1n) is 7.76. The molecule has 2 unspecified atom stereocenters. The third kappa shape index (κ3) is 3.19. The van der Waals surface area contributed by atoms with Gasteiger partial charge in [0.2, 0.25) is 0 Å². The number of fused-ring (bicyclic) bond motifs is 1. The first-order chi connectivity index (χ1) is 11.1. The molecule has 1 aromatic carbocycles. The van der Waals surface area contributed by atoms with Crippen LogP contribution in [0, 0.1) is 0 Å². The predicted octanol–water partition coefficient (Wildman–Crippen LogP) is 2.36. The van der Waals surface area contributed by atoms with E-state index in [4.69, 9.17) is 4.99 Å². The molecule has 0 bridgehead atoms. The number of carbonyl (C=O) groups is 1. The van der Waals surface area contributed by atoms with Crippen molar-refractivity contribution in [2.75, 3.05) is 10.6 Å². The van der Waals surface area contributed by atoms with Crippen molar-refractivity contribution in [1.29, 1.82) is 0 Å². The first kappa shape index (κ1) is 16.2. The largest absolute Gasteiger partial charge is 0.328 e. The molecule has 23 heavy (non-hydrogen) atoms. The van der Waals surface area contributed by atoms with E-state index in [0.29, 0.717) is 6.42 Å². The Labute approximate surface area is 149 Å². The standard InChI is InChI=1S/C16H20IN5O/c1-3-6-12-14-15(22(2)21-12)16(23)19-13(18-14)9-10-7-4-5-8-11(10)20-17/h4-5,7-8,14-15,20H,3,6,9H2,1-2H3,(H,18,19,23).